The summed E-state index contributed by atoms with van der Waals surface area (Å²) in [6.45, 7) is 6.53. The molecular weight excluding hydrogens is 232 g/mol. The van der Waals surface area contributed by atoms with Gasteiger partial charge in [0.2, 0.25) is 0 Å². The quantitative estimate of drug-likeness (QED) is 0.392. The van der Waals surface area contributed by atoms with E-state index in [1.807, 2.05) is 13.2 Å². The first-order valence-electron chi connectivity index (χ1n) is 7.34. The fourth-order valence-electron chi connectivity index (χ4n) is 2.35. The van der Waals surface area contributed by atoms with Crippen LogP contribution < -0.4 is 10.6 Å². The van der Waals surface area contributed by atoms with Crippen LogP contribution in [0.2, 0.25) is 0 Å². The highest BCUT2D eigenvalue weighted by Crippen LogP contribution is 2.42. The molecule has 0 amide bonds. The Kier molecular flexibility index (Phi) is 6.48. The van der Waals surface area contributed by atoms with Crippen molar-refractivity contribution in [1.29, 1.82) is 0 Å². The molecule has 1 heterocycles. The third-order valence-corrected chi connectivity index (χ3v) is 3.64. The molecular formula is C17H28N2. The molecule has 0 saturated carbocycles. The van der Waals surface area contributed by atoms with Crippen LogP contribution in [0.25, 0.3) is 0 Å². The summed E-state index contributed by atoms with van der Waals surface area (Å²) in [4.78, 5) is 0. The van der Waals surface area contributed by atoms with E-state index in [2.05, 4.69) is 61.8 Å². The molecule has 1 rings (SSSR count). The predicted octanol–water partition coefficient (Wildman–Crippen LogP) is 4.05. The van der Waals surface area contributed by atoms with E-state index < -0.39 is 0 Å². The summed E-state index contributed by atoms with van der Waals surface area (Å²) < 4.78 is 0. The zero-order valence-electron chi connectivity index (χ0n) is 12.8. The van der Waals surface area contributed by atoms with E-state index in [1.165, 1.54) is 37.0 Å². The maximum absolute atomic E-state index is 3.59. The maximum Gasteiger partial charge on any atom is 0.0984 e. The van der Waals surface area contributed by atoms with Crippen LogP contribution in [0.15, 0.2) is 47.9 Å². The van der Waals surface area contributed by atoms with Crippen molar-refractivity contribution in [3.8, 4) is 0 Å². The molecule has 1 fully saturated rings. The SMILES string of the molecule is CC=CC=C(C)C1(CCCCC)N/C1=C\C=C\NC. The second-order valence-electron chi connectivity index (χ2n) is 5.09. The highest BCUT2D eigenvalue weighted by Gasteiger charge is 2.48. The molecule has 106 valence electrons. The third-order valence-electron chi connectivity index (χ3n) is 3.64. The molecule has 0 radical (unpaired) electrons. The second kappa shape index (κ2) is 7.88. The van der Waals surface area contributed by atoms with Gasteiger partial charge in [0.15, 0.2) is 0 Å². The van der Waals surface area contributed by atoms with Crippen LogP contribution in [0, 0.1) is 0 Å². The van der Waals surface area contributed by atoms with Crippen molar-refractivity contribution in [2.24, 2.45) is 0 Å². The third kappa shape index (κ3) is 4.30. The highest BCUT2D eigenvalue weighted by molar-refractivity contribution is 5.50. The normalized spacial score (nSPS) is 25.3. The minimum atomic E-state index is 0.118. The van der Waals surface area contributed by atoms with Gasteiger partial charge in [0.1, 0.15) is 0 Å². The second-order valence-corrected chi connectivity index (χ2v) is 5.09. The van der Waals surface area contributed by atoms with Crippen molar-refractivity contribution in [2.75, 3.05) is 7.05 Å². The van der Waals surface area contributed by atoms with E-state index in [-0.39, 0.29) is 5.54 Å². The van der Waals surface area contributed by atoms with Gasteiger partial charge in [-0.05, 0) is 44.2 Å². The van der Waals surface area contributed by atoms with Crippen LogP contribution in [-0.2, 0) is 0 Å². The van der Waals surface area contributed by atoms with Gasteiger partial charge in [0.25, 0.3) is 0 Å². The van der Waals surface area contributed by atoms with Crippen LogP contribution >= 0.6 is 0 Å². The summed E-state index contributed by atoms with van der Waals surface area (Å²) in [6, 6.07) is 0. The first-order chi connectivity index (χ1) is 9.21. The number of hydrogen-bond acceptors (Lipinski definition) is 2. The molecule has 1 atom stereocenters. The average Bonchev–Trinajstić information content (AvgIpc) is 3.11. The zero-order valence-corrected chi connectivity index (χ0v) is 12.8. The maximum atomic E-state index is 3.59. The molecule has 0 aromatic heterocycles. The van der Waals surface area contributed by atoms with Gasteiger partial charge in [-0.25, -0.2) is 0 Å². The minimum absolute atomic E-state index is 0.118. The summed E-state index contributed by atoms with van der Waals surface area (Å²) >= 11 is 0. The summed E-state index contributed by atoms with van der Waals surface area (Å²) in [7, 11) is 1.92. The van der Waals surface area contributed by atoms with Gasteiger partial charge >= 0.3 is 0 Å². The van der Waals surface area contributed by atoms with Gasteiger partial charge in [-0.1, -0.05) is 44.4 Å². The lowest BCUT2D eigenvalue weighted by Crippen LogP contribution is -2.16. The highest BCUT2D eigenvalue weighted by atomic mass is 15.2. The molecule has 2 nitrogen and oxygen atoms in total. The first-order valence-corrected chi connectivity index (χ1v) is 7.34. The van der Waals surface area contributed by atoms with Gasteiger partial charge < -0.3 is 10.6 Å². The fraction of sp³-hybridized carbons (Fsp3) is 0.529. The lowest BCUT2D eigenvalue weighted by atomic mass is 9.91. The molecule has 0 spiro atoms. The van der Waals surface area contributed by atoms with Crippen LogP contribution in [-0.4, -0.2) is 12.6 Å². The Hall–Kier alpha value is -1.44. The minimum Gasteiger partial charge on any atom is -0.394 e. The van der Waals surface area contributed by atoms with E-state index in [0.717, 1.165) is 0 Å². The van der Waals surface area contributed by atoms with Crippen molar-refractivity contribution < 1.29 is 0 Å². The molecule has 1 aliphatic heterocycles. The molecule has 0 aliphatic carbocycles. The van der Waals surface area contributed by atoms with E-state index in [9.17, 15) is 0 Å². The largest absolute Gasteiger partial charge is 0.394 e. The van der Waals surface area contributed by atoms with Gasteiger partial charge in [-0.15, -0.1) is 0 Å². The van der Waals surface area contributed by atoms with Crippen LogP contribution in [0.1, 0.15) is 46.5 Å². The summed E-state index contributed by atoms with van der Waals surface area (Å²) in [5, 5.41) is 6.60. The first kappa shape index (κ1) is 15.6. The van der Waals surface area contributed by atoms with Crippen molar-refractivity contribution in [3.63, 3.8) is 0 Å². The van der Waals surface area contributed by atoms with Crippen molar-refractivity contribution in [3.05, 3.63) is 47.9 Å². The standard InChI is InChI=1S/C17H28N2/c1-5-7-9-13-17(15(3)11-8-6-2)16(19-17)12-10-14-18-4/h6,8,10-12,14,18-19H,5,7,9,13H2,1-4H3/b8-6?,14-10+,15-11?,16-12-. The number of hydrogen-bond donors (Lipinski definition) is 2. The number of allylic oxidation sites excluding steroid dienone is 5. The molecule has 2 N–H and O–H groups in total. The van der Waals surface area contributed by atoms with Crippen molar-refractivity contribution in [2.45, 2.75) is 52.0 Å². The molecule has 0 aromatic carbocycles. The Labute approximate surface area is 118 Å². The number of rotatable bonds is 8. The molecule has 2 heteroatoms. The molecule has 1 saturated heterocycles. The molecule has 0 bridgehead atoms. The Morgan fingerprint density at radius 3 is 2.74 bits per heavy atom. The molecule has 1 aliphatic rings. The zero-order chi connectivity index (χ0) is 14.1. The Balaban J connectivity index is 2.77. The van der Waals surface area contributed by atoms with Gasteiger partial charge in [-0.3, -0.25) is 0 Å². The lowest BCUT2D eigenvalue weighted by Gasteiger charge is -2.13. The average molecular weight is 260 g/mol. The summed E-state index contributed by atoms with van der Waals surface area (Å²) in [5.41, 5.74) is 2.87. The molecule has 0 aromatic rings. The van der Waals surface area contributed by atoms with Gasteiger partial charge in [0.05, 0.1) is 5.54 Å². The summed E-state index contributed by atoms with van der Waals surface area (Å²) in [6.07, 6.45) is 17.7. The van der Waals surface area contributed by atoms with Crippen molar-refractivity contribution >= 4 is 0 Å². The monoisotopic (exact) mass is 260 g/mol. The van der Waals surface area contributed by atoms with Crippen LogP contribution in [0.4, 0.5) is 0 Å². The van der Waals surface area contributed by atoms with E-state index in [0.29, 0.717) is 0 Å². The van der Waals surface area contributed by atoms with E-state index in [1.54, 1.807) is 0 Å². The van der Waals surface area contributed by atoms with E-state index >= 15 is 0 Å². The van der Waals surface area contributed by atoms with Crippen molar-refractivity contribution in [1.82, 2.24) is 10.6 Å². The topological polar surface area (TPSA) is 34.0 Å². The van der Waals surface area contributed by atoms with E-state index in [4.69, 9.17) is 0 Å². The van der Waals surface area contributed by atoms with Crippen LogP contribution in [0.3, 0.4) is 0 Å². The number of unbranched alkanes of at least 4 members (excludes halogenated alkanes) is 2. The van der Waals surface area contributed by atoms with Gasteiger partial charge in [-0.2, -0.15) is 0 Å². The molecule has 1 unspecified atom stereocenters. The van der Waals surface area contributed by atoms with Crippen LogP contribution in [0.5, 0.6) is 0 Å². The summed E-state index contributed by atoms with van der Waals surface area (Å²) in [5.74, 6) is 0. The van der Waals surface area contributed by atoms with Gasteiger partial charge in [0, 0.05) is 12.7 Å². The fourth-order valence-corrected chi connectivity index (χ4v) is 2.35. The Morgan fingerprint density at radius 2 is 2.11 bits per heavy atom. The smallest absolute Gasteiger partial charge is 0.0984 e. The Morgan fingerprint density at radius 1 is 1.32 bits per heavy atom. The lowest BCUT2D eigenvalue weighted by molar-refractivity contribution is 0.585. The number of nitrogens with one attached hydrogen (secondary N) is 2. The molecule has 19 heavy (non-hydrogen) atoms. The Bertz CT molecular complexity index is 388. The predicted molar refractivity (Wildman–Crippen MR) is 84.9 cm³/mol.